The molecular formula is C11H7F3O. The summed E-state index contributed by atoms with van der Waals surface area (Å²) in [4.78, 5) is 11.5. The Bertz CT molecular complexity index is 461. The molecule has 0 aliphatic heterocycles. The van der Waals surface area contributed by atoms with Crippen molar-refractivity contribution in [3.05, 3.63) is 34.9 Å². The van der Waals surface area contributed by atoms with Crippen LogP contribution < -0.4 is 0 Å². The van der Waals surface area contributed by atoms with E-state index >= 15 is 0 Å². The molecule has 0 bridgehead atoms. The Morgan fingerprint density at radius 3 is 2.60 bits per heavy atom. The Kier molecular flexibility index (Phi) is 1.45. The number of carbonyl (C=O) groups is 1. The maximum absolute atomic E-state index is 12.4. The second-order valence-corrected chi connectivity index (χ2v) is 4.11. The lowest BCUT2D eigenvalue weighted by atomic mass is 10.0. The standard InChI is InChI=1S/C11H7F3O/c12-11(13,14)5-1-2-6-7(3-5)8-4-9(8)10(6)15/h1-3,8-9H,4H2/t8-,9?/m0/s1. The molecule has 2 atom stereocenters. The van der Waals surface area contributed by atoms with Crippen molar-refractivity contribution in [2.24, 2.45) is 5.92 Å². The van der Waals surface area contributed by atoms with E-state index in [1.165, 1.54) is 6.07 Å². The van der Waals surface area contributed by atoms with Gasteiger partial charge in [0.1, 0.15) is 0 Å². The maximum atomic E-state index is 12.4. The van der Waals surface area contributed by atoms with Crippen molar-refractivity contribution in [3.63, 3.8) is 0 Å². The number of fused-ring (bicyclic) bond motifs is 3. The highest BCUT2D eigenvalue weighted by molar-refractivity contribution is 6.05. The van der Waals surface area contributed by atoms with Crippen LogP contribution in [0.1, 0.15) is 33.8 Å². The largest absolute Gasteiger partial charge is 0.416 e. The van der Waals surface area contributed by atoms with Crippen LogP contribution in [0.5, 0.6) is 0 Å². The third-order valence-electron chi connectivity index (χ3n) is 3.17. The van der Waals surface area contributed by atoms with E-state index in [-0.39, 0.29) is 17.6 Å². The summed E-state index contributed by atoms with van der Waals surface area (Å²) in [5.74, 6) is 0.0574. The zero-order chi connectivity index (χ0) is 10.8. The molecule has 0 saturated heterocycles. The zero-order valence-corrected chi connectivity index (χ0v) is 7.64. The van der Waals surface area contributed by atoms with E-state index in [1.54, 1.807) is 0 Å². The molecule has 0 aromatic heterocycles. The van der Waals surface area contributed by atoms with Gasteiger partial charge in [0.05, 0.1) is 5.56 Å². The molecular weight excluding hydrogens is 205 g/mol. The van der Waals surface area contributed by atoms with Gasteiger partial charge in [-0.2, -0.15) is 13.2 Å². The number of benzene rings is 1. The summed E-state index contributed by atoms with van der Waals surface area (Å²) in [6.45, 7) is 0. The van der Waals surface area contributed by atoms with E-state index in [0.29, 0.717) is 11.1 Å². The lowest BCUT2D eigenvalue weighted by molar-refractivity contribution is -0.137. The van der Waals surface area contributed by atoms with E-state index in [2.05, 4.69) is 0 Å². The van der Waals surface area contributed by atoms with Crippen molar-refractivity contribution in [2.45, 2.75) is 18.5 Å². The second kappa shape index (κ2) is 2.43. The average molecular weight is 212 g/mol. The number of ketones is 1. The SMILES string of the molecule is O=C1c2ccc(C(F)(F)F)cc2[C@@H]2CC12. The molecule has 0 radical (unpaired) electrons. The Morgan fingerprint density at radius 2 is 1.93 bits per heavy atom. The first-order valence-corrected chi connectivity index (χ1v) is 4.74. The third-order valence-corrected chi connectivity index (χ3v) is 3.17. The van der Waals surface area contributed by atoms with Gasteiger partial charge in [-0.3, -0.25) is 4.79 Å². The van der Waals surface area contributed by atoms with Crippen molar-refractivity contribution in [3.8, 4) is 0 Å². The quantitative estimate of drug-likeness (QED) is 0.646. The van der Waals surface area contributed by atoms with Crippen molar-refractivity contribution in [1.82, 2.24) is 0 Å². The fourth-order valence-electron chi connectivity index (χ4n) is 2.30. The average Bonchev–Trinajstić information content (AvgIpc) is 2.89. The molecule has 1 aromatic carbocycles. The monoisotopic (exact) mass is 212 g/mol. The summed E-state index contributed by atoms with van der Waals surface area (Å²) in [5.41, 5.74) is 0.436. The zero-order valence-electron chi connectivity index (χ0n) is 7.64. The van der Waals surface area contributed by atoms with Gasteiger partial charge in [0.15, 0.2) is 5.78 Å². The van der Waals surface area contributed by atoms with Crippen LogP contribution >= 0.6 is 0 Å². The molecule has 1 nitrogen and oxygen atoms in total. The highest BCUT2D eigenvalue weighted by Crippen LogP contribution is 2.56. The number of hydrogen-bond donors (Lipinski definition) is 0. The predicted octanol–water partition coefficient (Wildman–Crippen LogP) is 3.01. The second-order valence-electron chi connectivity index (χ2n) is 4.11. The van der Waals surface area contributed by atoms with Gasteiger partial charge in [0.25, 0.3) is 0 Å². The van der Waals surface area contributed by atoms with Crippen LogP contribution in [0.2, 0.25) is 0 Å². The van der Waals surface area contributed by atoms with Crippen molar-refractivity contribution >= 4 is 5.78 Å². The Balaban J connectivity index is 2.12. The molecule has 0 spiro atoms. The first kappa shape index (κ1) is 8.95. The molecule has 0 N–H and O–H groups in total. The number of rotatable bonds is 0. The Labute approximate surface area is 83.9 Å². The minimum atomic E-state index is -4.31. The first-order chi connectivity index (χ1) is 6.98. The minimum Gasteiger partial charge on any atom is -0.294 e. The van der Waals surface area contributed by atoms with E-state index in [0.717, 1.165) is 18.6 Å². The van der Waals surface area contributed by atoms with Gasteiger partial charge < -0.3 is 0 Å². The van der Waals surface area contributed by atoms with E-state index < -0.39 is 11.7 Å². The molecule has 1 aromatic rings. The molecule has 1 fully saturated rings. The summed E-state index contributed by atoms with van der Waals surface area (Å²) >= 11 is 0. The summed E-state index contributed by atoms with van der Waals surface area (Å²) in [6, 6.07) is 3.43. The summed E-state index contributed by atoms with van der Waals surface area (Å²) in [6.07, 6.45) is -3.59. The van der Waals surface area contributed by atoms with Crippen LogP contribution in [-0.4, -0.2) is 5.78 Å². The first-order valence-electron chi connectivity index (χ1n) is 4.74. The fourth-order valence-corrected chi connectivity index (χ4v) is 2.30. The van der Waals surface area contributed by atoms with E-state index in [4.69, 9.17) is 0 Å². The third kappa shape index (κ3) is 1.14. The van der Waals surface area contributed by atoms with Crippen LogP contribution in [0, 0.1) is 5.92 Å². The van der Waals surface area contributed by atoms with Gasteiger partial charge in [0.2, 0.25) is 0 Å². The molecule has 4 heteroatoms. The summed E-state index contributed by atoms with van der Waals surface area (Å²) < 4.78 is 37.2. The highest BCUT2D eigenvalue weighted by atomic mass is 19.4. The van der Waals surface area contributed by atoms with Crippen LogP contribution in [0.25, 0.3) is 0 Å². The van der Waals surface area contributed by atoms with Gasteiger partial charge in [-0.1, -0.05) is 6.07 Å². The molecule has 1 unspecified atom stereocenters. The highest BCUT2D eigenvalue weighted by Gasteiger charge is 2.52. The number of halogens is 3. The summed E-state index contributed by atoms with van der Waals surface area (Å²) in [7, 11) is 0. The van der Waals surface area contributed by atoms with Crippen LogP contribution in [0.15, 0.2) is 18.2 Å². The maximum Gasteiger partial charge on any atom is 0.416 e. The lowest BCUT2D eigenvalue weighted by Gasteiger charge is -2.09. The van der Waals surface area contributed by atoms with Crippen LogP contribution in [0.4, 0.5) is 13.2 Å². The number of carbonyl (C=O) groups excluding carboxylic acids is 1. The van der Waals surface area contributed by atoms with Crippen LogP contribution in [-0.2, 0) is 6.18 Å². The van der Waals surface area contributed by atoms with Gasteiger partial charge >= 0.3 is 6.18 Å². The molecule has 78 valence electrons. The Hall–Kier alpha value is -1.32. The normalized spacial score (nSPS) is 27.5. The molecule has 0 amide bonds. The molecule has 1 saturated carbocycles. The lowest BCUT2D eigenvalue weighted by Crippen LogP contribution is -2.06. The number of Topliss-reactive ketones (excluding diaryl/α,β-unsaturated/α-hetero) is 1. The van der Waals surface area contributed by atoms with Crippen molar-refractivity contribution < 1.29 is 18.0 Å². The van der Waals surface area contributed by atoms with E-state index in [1.807, 2.05) is 0 Å². The molecule has 2 aliphatic carbocycles. The molecule has 2 aliphatic rings. The topological polar surface area (TPSA) is 17.1 Å². The van der Waals surface area contributed by atoms with Crippen LogP contribution in [0.3, 0.4) is 0 Å². The smallest absolute Gasteiger partial charge is 0.294 e. The van der Waals surface area contributed by atoms with Crippen molar-refractivity contribution in [1.29, 1.82) is 0 Å². The minimum absolute atomic E-state index is 0.0173. The van der Waals surface area contributed by atoms with E-state index in [9.17, 15) is 18.0 Å². The van der Waals surface area contributed by atoms with Gasteiger partial charge in [-0.15, -0.1) is 0 Å². The molecule has 3 rings (SSSR count). The van der Waals surface area contributed by atoms with Gasteiger partial charge in [-0.25, -0.2) is 0 Å². The van der Waals surface area contributed by atoms with Gasteiger partial charge in [0, 0.05) is 11.5 Å². The number of hydrogen-bond acceptors (Lipinski definition) is 1. The predicted molar refractivity (Wildman–Crippen MR) is 46.6 cm³/mol. The molecule has 0 heterocycles. The number of alkyl halides is 3. The Morgan fingerprint density at radius 1 is 1.20 bits per heavy atom. The molecule has 15 heavy (non-hydrogen) atoms. The fraction of sp³-hybridized carbons (Fsp3) is 0.364. The van der Waals surface area contributed by atoms with Gasteiger partial charge in [-0.05, 0) is 30.0 Å². The summed E-state index contributed by atoms with van der Waals surface area (Å²) in [5, 5.41) is 0. The van der Waals surface area contributed by atoms with Crippen molar-refractivity contribution in [2.75, 3.05) is 0 Å².